The van der Waals surface area contributed by atoms with Gasteiger partial charge in [-0.15, -0.1) is 0 Å². The van der Waals surface area contributed by atoms with E-state index in [9.17, 15) is 14.9 Å². The minimum atomic E-state index is -0.732. The van der Waals surface area contributed by atoms with Gasteiger partial charge in [0.15, 0.2) is 0 Å². The number of nitro benzene ring substituents is 1. The van der Waals surface area contributed by atoms with Gasteiger partial charge in [0.05, 0.1) is 15.6 Å². The molecule has 0 aromatic heterocycles. The Morgan fingerprint density at radius 2 is 2.00 bits per heavy atom. The smallest absolute Gasteiger partial charge is 0.412 e. The van der Waals surface area contributed by atoms with E-state index in [1.165, 1.54) is 12.1 Å². The quantitative estimate of drug-likeness (QED) is 0.672. The third-order valence-corrected chi connectivity index (χ3v) is 3.24. The molecule has 0 aliphatic rings. The van der Waals surface area contributed by atoms with Gasteiger partial charge in [-0.3, -0.25) is 15.4 Å². The number of hydrogen-bond acceptors (Lipinski definition) is 4. The molecule has 0 atom stereocenters. The first kappa shape index (κ1) is 15.8. The van der Waals surface area contributed by atoms with Crippen molar-refractivity contribution in [2.24, 2.45) is 0 Å². The molecule has 0 saturated carbocycles. The second-order valence-corrected chi connectivity index (χ2v) is 4.97. The van der Waals surface area contributed by atoms with Crippen molar-refractivity contribution in [1.29, 1.82) is 0 Å². The van der Waals surface area contributed by atoms with E-state index in [0.29, 0.717) is 5.56 Å². The molecular formula is C15H13ClN2O4. The minimum Gasteiger partial charge on any atom is -0.444 e. The number of rotatable bonds is 4. The number of nitro groups is 1. The molecule has 0 spiro atoms. The summed E-state index contributed by atoms with van der Waals surface area (Å²) in [6.07, 6.45) is -0.732. The van der Waals surface area contributed by atoms with Crippen LogP contribution in [0, 0.1) is 17.0 Å². The van der Waals surface area contributed by atoms with Crippen LogP contribution >= 0.6 is 11.6 Å². The molecule has 0 aliphatic carbocycles. The maximum Gasteiger partial charge on any atom is 0.412 e. The second kappa shape index (κ2) is 6.91. The third-order valence-electron chi connectivity index (χ3n) is 2.93. The fraction of sp³-hybridized carbons (Fsp3) is 0.133. The van der Waals surface area contributed by atoms with Crippen LogP contribution in [0.2, 0.25) is 5.02 Å². The lowest BCUT2D eigenvalue weighted by Crippen LogP contribution is -2.14. The minimum absolute atomic E-state index is 0.0955. The highest BCUT2D eigenvalue weighted by molar-refractivity contribution is 6.33. The first-order valence-electron chi connectivity index (χ1n) is 6.39. The van der Waals surface area contributed by atoms with Crippen molar-refractivity contribution in [2.45, 2.75) is 13.5 Å². The van der Waals surface area contributed by atoms with Gasteiger partial charge in [-0.25, -0.2) is 4.79 Å². The fourth-order valence-electron chi connectivity index (χ4n) is 1.82. The van der Waals surface area contributed by atoms with Crippen molar-refractivity contribution in [1.82, 2.24) is 0 Å². The van der Waals surface area contributed by atoms with Crippen molar-refractivity contribution < 1.29 is 14.5 Å². The van der Waals surface area contributed by atoms with Gasteiger partial charge >= 0.3 is 6.09 Å². The van der Waals surface area contributed by atoms with Crippen molar-refractivity contribution in [2.75, 3.05) is 5.32 Å². The third kappa shape index (κ3) is 3.95. The SMILES string of the molecule is Cc1cc(Cl)c(NC(=O)OCc2ccccc2)cc1[N+](=O)[O-]. The number of aryl methyl sites for hydroxylation is 1. The van der Waals surface area contributed by atoms with Crippen LogP contribution in [-0.4, -0.2) is 11.0 Å². The Labute approximate surface area is 131 Å². The van der Waals surface area contributed by atoms with Gasteiger partial charge in [0.1, 0.15) is 6.61 Å². The number of nitrogens with zero attached hydrogens (tertiary/aromatic N) is 1. The Balaban J connectivity index is 2.05. The normalized spacial score (nSPS) is 10.1. The summed E-state index contributed by atoms with van der Waals surface area (Å²) in [5, 5.41) is 13.5. The highest BCUT2D eigenvalue weighted by Gasteiger charge is 2.16. The van der Waals surface area contributed by atoms with Crippen LogP contribution in [0.25, 0.3) is 0 Å². The predicted octanol–water partition coefficient (Wildman–Crippen LogP) is 4.31. The molecule has 0 saturated heterocycles. The highest BCUT2D eigenvalue weighted by atomic mass is 35.5. The molecule has 2 aromatic carbocycles. The molecule has 0 heterocycles. The number of anilines is 1. The van der Waals surface area contributed by atoms with E-state index >= 15 is 0 Å². The summed E-state index contributed by atoms with van der Waals surface area (Å²) < 4.78 is 5.04. The Morgan fingerprint density at radius 3 is 2.64 bits per heavy atom. The first-order valence-corrected chi connectivity index (χ1v) is 6.77. The molecule has 2 aromatic rings. The van der Waals surface area contributed by atoms with Crippen molar-refractivity contribution in [3.05, 3.63) is 68.7 Å². The zero-order valence-corrected chi connectivity index (χ0v) is 12.5. The second-order valence-electron chi connectivity index (χ2n) is 4.56. The van der Waals surface area contributed by atoms with Crippen LogP contribution < -0.4 is 5.32 Å². The molecule has 0 unspecified atom stereocenters. The van der Waals surface area contributed by atoms with Gasteiger partial charge < -0.3 is 4.74 Å². The molecule has 0 radical (unpaired) electrons. The Morgan fingerprint density at radius 1 is 1.32 bits per heavy atom. The van der Waals surface area contributed by atoms with E-state index < -0.39 is 11.0 Å². The van der Waals surface area contributed by atoms with Gasteiger partial charge in [0.25, 0.3) is 5.69 Å². The fourth-order valence-corrected chi connectivity index (χ4v) is 2.09. The van der Waals surface area contributed by atoms with Gasteiger partial charge in [0, 0.05) is 11.6 Å². The summed E-state index contributed by atoms with van der Waals surface area (Å²) in [4.78, 5) is 22.1. The van der Waals surface area contributed by atoms with E-state index in [4.69, 9.17) is 16.3 Å². The number of amides is 1. The molecule has 6 nitrogen and oxygen atoms in total. The zero-order chi connectivity index (χ0) is 16.1. The maximum absolute atomic E-state index is 11.7. The van der Waals surface area contributed by atoms with Crippen molar-refractivity contribution >= 4 is 29.1 Å². The monoisotopic (exact) mass is 320 g/mol. The average Bonchev–Trinajstić information content (AvgIpc) is 2.48. The number of hydrogen-bond donors (Lipinski definition) is 1. The summed E-state index contributed by atoms with van der Waals surface area (Å²) >= 11 is 5.97. The first-order chi connectivity index (χ1) is 10.5. The predicted molar refractivity (Wildman–Crippen MR) is 83.1 cm³/mol. The molecule has 114 valence electrons. The lowest BCUT2D eigenvalue weighted by atomic mass is 10.2. The summed E-state index contributed by atoms with van der Waals surface area (Å²) in [6.45, 7) is 1.67. The largest absolute Gasteiger partial charge is 0.444 e. The Hall–Kier alpha value is -2.60. The number of benzene rings is 2. The molecule has 0 fully saturated rings. The van der Waals surface area contributed by atoms with Crippen molar-refractivity contribution in [3.8, 4) is 0 Å². The van der Waals surface area contributed by atoms with Crippen LogP contribution in [-0.2, 0) is 11.3 Å². The average molecular weight is 321 g/mol. The van der Waals surface area contributed by atoms with Crippen LogP contribution in [0.1, 0.15) is 11.1 Å². The molecule has 0 aliphatic heterocycles. The topological polar surface area (TPSA) is 81.5 Å². The number of carbonyl (C=O) groups is 1. The van der Waals surface area contributed by atoms with Crippen LogP contribution in [0.5, 0.6) is 0 Å². The van der Waals surface area contributed by atoms with Crippen LogP contribution in [0.4, 0.5) is 16.2 Å². The van der Waals surface area contributed by atoms with Gasteiger partial charge in [0.2, 0.25) is 0 Å². The van der Waals surface area contributed by atoms with Gasteiger partial charge in [-0.2, -0.15) is 0 Å². The van der Waals surface area contributed by atoms with E-state index in [-0.39, 0.29) is 23.0 Å². The van der Waals surface area contributed by atoms with Gasteiger partial charge in [-0.05, 0) is 18.6 Å². The molecule has 2 rings (SSSR count). The van der Waals surface area contributed by atoms with E-state index in [1.54, 1.807) is 6.92 Å². The van der Waals surface area contributed by atoms with Gasteiger partial charge in [-0.1, -0.05) is 41.9 Å². The standard InChI is InChI=1S/C15H13ClN2O4/c1-10-7-12(16)13(8-14(10)18(20)21)17-15(19)22-9-11-5-3-2-4-6-11/h2-8H,9H2,1H3,(H,17,19). The zero-order valence-electron chi connectivity index (χ0n) is 11.7. The van der Waals surface area contributed by atoms with Crippen LogP contribution in [0.15, 0.2) is 42.5 Å². The summed E-state index contributed by atoms with van der Waals surface area (Å²) in [6, 6.07) is 11.8. The number of nitrogens with one attached hydrogen (secondary N) is 1. The molecular weight excluding hydrogens is 308 g/mol. The lowest BCUT2D eigenvalue weighted by Gasteiger charge is -2.09. The summed E-state index contributed by atoms with van der Waals surface area (Å²) in [5.74, 6) is 0. The molecule has 7 heteroatoms. The lowest BCUT2D eigenvalue weighted by molar-refractivity contribution is -0.385. The maximum atomic E-state index is 11.7. The molecule has 1 amide bonds. The molecule has 1 N–H and O–H groups in total. The number of ether oxygens (including phenoxy) is 1. The number of halogens is 1. The van der Waals surface area contributed by atoms with Crippen LogP contribution in [0.3, 0.4) is 0 Å². The number of carbonyl (C=O) groups excluding carboxylic acids is 1. The van der Waals surface area contributed by atoms with E-state index in [2.05, 4.69) is 5.32 Å². The highest BCUT2D eigenvalue weighted by Crippen LogP contribution is 2.30. The van der Waals surface area contributed by atoms with E-state index in [1.807, 2.05) is 30.3 Å². The summed E-state index contributed by atoms with van der Waals surface area (Å²) in [7, 11) is 0. The van der Waals surface area contributed by atoms with E-state index in [0.717, 1.165) is 5.56 Å². The molecule has 0 bridgehead atoms. The molecule has 22 heavy (non-hydrogen) atoms. The Bertz CT molecular complexity index is 704. The van der Waals surface area contributed by atoms with Crippen molar-refractivity contribution in [3.63, 3.8) is 0 Å². The Kier molecular flexibility index (Phi) is 4.95. The summed E-state index contributed by atoms with van der Waals surface area (Å²) in [5.41, 5.74) is 1.26.